The summed E-state index contributed by atoms with van der Waals surface area (Å²) in [7, 11) is 1.62. The number of fused-ring (bicyclic) bond motifs is 1. The number of hydrogen-bond acceptors (Lipinski definition) is 6. The molecule has 1 fully saturated rings. The van der Waals surface area contributed by atoms with Crippen LogP contribution in [0, 0.1) is 11.2 Å². The Kier molecular flexibility index (Phi) is 8.17. The number of nitrogens with zero attached hydrogens (tertiary/aromatic N) is 3. The number of benzene rings is 2. The zero-order valence-electron chi connectivity index (χ0n) is 22.6. The molecule has 4 N–H and O–H groups in total. The highest BCUT2D eigenvalue weighted by Gasteiger charge is 2.53. The fourth-order valence-electron chi connectivity index (χ4n) is 5.23. The zero-order chi connectivity index (χ0) is 28.4. The molecule has 0 saturated carbocycles. The fraction of sp³-hybridized carbons (Fsp3) is 0.448. The van der Waals surface area contributed by atoms with Crippen molar-refractivity contribution in [3.8, 4) is 0 Å². The quantitative estimate of drug-likeness (QED) is 0.449. The zero-order valence-corrected chi connectivity index (χ0v) is 22.6. The molecular formula is C29H36FN5O4. The third-order valence-electron chi connectivity index (χ3n) is 7.46. The summed E-state index contributed by atoms with van der Waals surface area (Å²) in [6.07, 6.45) is 1.13. The summed E-state index contributed by atoms with van der Waals surface area (Å²) in [6.45, 7) is 3.28. The molecule has 2 aliphatic rings. The number of hydrogen-bond donors (Lipinski definition) is 3. The largest absolute Gasteiger partial charge is 0.392 e. The van der Waals surface area contributed by atoms with E-state index in [-0.39, 0.29) is 37.8 Å². The molecule has 2 aliphatic heterocycles. The minimum Gasteiger partial charge on any atom is -0.392 e. The van der Waals surface area contributed by atoms with Crippen molar-refractivity contribution in [2.75, 3.05) is 20.1 Å². The van der Waals surface area contributed by atoms with Gasteiger partial charge in [0, 0.05) is 26.6 Å². The van der Waals surface area contributed by atoms with Gasteiger partial charge >= 0.3 is 0 Å². The Morgan fingerprint density at radius 2 is 1.92 bits per heavy atom. The van der Waals surface area contributed by atoms with E-state index >= 15 is 0 Å². The number of amides is 3. The Hall–Kier alpha value is -3.63. The predicted molar refractivity (Wildman–Crippen MR) is 145 cm³/mol. The van der Waals surface area contributed by atoms with Crippen LogP contribution in [-0.2, 0) is 33.8 Å². The molecule has 3 amide bonds. The summed E-state index contributed by atoms with van der Waals surface area (Å²) < 4.78 is 14.6. The molecule has 4 rings (SSSR count). The number of aliphatic hydroxyl groups excluding tert-OH is 1. The second kappa shape index (κ2) is 11.2. The number of nitrogens with one attached hydrogen (secondary N) is 1. The molecule has 0 radical (unpaired) electrons. The summed E-state index contributed by atoms with van der Waals surface area (Å²) >= 11 is 0. The van der Waals surface area contributed by atoms with Gasteiger partial charge in [-0.1, -0.05) is 42.5 Å². The first-order valence-corrected chi connectivity index (χ1v) is 13.1. The number of aryl methyl sites for hydroxylation is 1. The van der Waals surface area contributed by atoms with E-state index in [4.69, 9.17) is 5.73 Å². The maximum atomic E-state index is 14.6. The molecule has 2 aromatic carbocycles. The highest BCUT2D eigenvalue weighted by Crippen LogP contribution is 2.38. The SMILES string of the molecule is CN1N=C2CCN(C(=O)C(CCc3ccc(CO)cc3F)NC(=O)C(C)(C)N)CC2(Cc2ccccc2)C1=O. The second-order valence-corrected chi connectivity index (χ2v) is 11.0. The van der Waals surface area contributed by atoms with E-state index in [1.807, 2.05) is 30.3 Å². The van der Waals surface area contributed by atoms with Gasteiger partial charge in [-0.15, -0.1) is 0 Å². The molecule has 0 aliphatic carbocycles. The van der Waals surface area contributed by atoms with Crippen LogP contribution in [-0.4, -0.2) is 70.2 Å². The molecule has 208 valence electrons. The molecule has 10 heteroatoms. The van der Waals surface area contributed by atoms with Crippen molar-refractivity contribution < 1.29 is 23.9 Å². The normalized spacial score (nSPS) is 19.9. The molecule has 9 nitrogen and oxygen atoms in total. The van der Waals surface area contributed by atoms with E-state index in [0.717, 1.165) is 11.3 Å². The second-order valence-electron chi connectivity index (χ2n) is 11.0. The maximum absolute atomic E-state index is 14.6. The van der Waals surface area contributed by atoms with E-state index in [2.05, 4.69) is 10.4 Å². The molecule has 2 aromatic rings. The number of halogens is 1. The minimum absolute atomic E-state index is 0.126. The van der Waals surface area contributed by atoms with Crippen molar-refractivity contribution in [1.29, 1.82) is 0 Å². The van der Waals surface area contributed by atoms with Crippen LogP contribution >= 0.6 is 0 Å². The number of nitrogens with two attached hydrogens (primary N) is 1. The van der Waals surface area contributed by atoms with Crippen LogP contribution in [0.3, 0.4) is 0 Å². The summed E-state index contributed by atoms with van der Waals surface area (Å²) in [6, 6.07) is 13.1. The van der Waals surface area contributed by atoms with E-state index in [9.17, 15) is 23.9 Å². The molecule has 2 atom stereocenters. The van der Waals surface area contributed by atoms with Crippen LogP contribution in [0.5, 0.6) is 0 Å². The van der Waals surface area contributed by atoms with Crippen LogP contribution in [0.1, 0.15) is 43.4 Å². The Morgan fingerprint density at radius 1 is 1.21 bits per heavy atom. The summed E-state index contributed by atoms with van der Waals surface area (Å²) in [5.74, 6) is -1.52. The van der Waals surface area contributed by atoms with Gasteiger partial charge in [0.25, 0.3) is 5.91 Å². The molecule has 2 unspecified atom stereocenters. The van der Waals surface area contributed by atoms with E-state index in [1.54, 1.807) is 37.9 Å². The molecule has 2 heterocycles. The number of likely N-dealkylation sites (tertiary alicyclic amines) is 1. The highest BCUT2D eigenvalue weighted by atomic mass is 19.1. The van der Waals surface area contributed by atoms with Gasteiger partial charge in [0.2, 0.25) is 11.8 Å². The van der Waals surface area contributed by atoms with Crippen molar-refractivity contribution in [2.24, 2.45) is 16.3 Å². The molecular weight excluding hydrogens is 501 g/mol. The minimum atomic E-state index is -1.23. The maximum Gasteiger partial charge on any atom is 0.256 e. The van der Waals surface area contributed by atoms with Crippen molar-refractivity contribution in [2.45, 2.75) is 57.7 Å². The lowest BCUT2D eigenvalue weighted by molar-refractivity contribution is -0.142. The number of piperidine rings is 1. The predicted octanol–water partition coefficient (Wildman–Crippen LogP) is 1.76. The van der Waals surface area contributed by atoms with Crippen LogP contribution in [0.4, 0.5) is 4.39 Å². The van der Waals surface area contributed by atoms with Gasteiger partial charge in [0.15, 0.2) is 0 Å². The van der Waals surface area contributed by atoms with Gasteiger partial charge < -0.3 is 21.1 Å². The first-order chi connectivity index (χ1) is 18.4. The summed E-state index contributed by atoms with van der Waals surface area (Å²) in [5, 5.41) is 17.9. The molecule has 39 heavy (non-hydrogen) atoms. The average Bonchev–Trinajstić information content (AvgIpc) is 3.15. The summed E-state index contributed by atoms with van der Waals surface area (Å²) in [5.41, 5.74) is 6.30. The molecule has 1 saturated heterocycles. The lowest BCUT2D eigenvalue weighted by Gasteiger charge is -2.41. The summed E-state index contributed by atoms with van der Waals surface area (Å²) in [4.78, 5) is 41.8. The van der Waals surface area contributed by atoms with Crippen LogP contribution < -0.4 is 11.1 Å². The van der Waals surface area contributed by atoms with E-state index in [0.29, 0.717) is 30.5 Å². The Labute approximate surface area is 227 Å². The Morgan fingerprint density at radius 3 is 2.56 bits per heavy atom. The third kappa shape index (κ3) is 6.02. The average molecular weight is 538 g/mol. The number of hydrazone groups is 1. The number of carbonyl (C=O) groups is 3. The first-order valence-electron chi connectivity index (χ1n) is 13.1. The standard InChI is InChI=1S/C29H36FN5O4/c1-28(2,31)26(38)32-23(12-11-21-10-9-20(17-36)15-22(21)30)25(37)35-14-13-24-29(18-35,27(39)34(3)33-24)16-19-7-5-4-6-8-19/h4-10,15,23,36H,11-14,16-18,31H2,1-3H3,(H,32,38). The van der Waals surface area contributed by atoms with Crippen LogP contribution in [0.2, 0.25) is 0 Å². The van der Waals surface area contributed by atoms with Crippen LogP contribution in [0.25, 0.3) is 0 Å². The number of rotatable bonds is 9. The lowest BCUT2D eigenvalue weighted by atomic mass is 9.73. The Bertz CT molecular complexity index is 1280. The fourth-order valence-corrected chi connectivity index (χ4v) is 5.23. The van der Waals surface area contributed by atoms with E-state index in [1.165, 1.54) is 11.1 Å². The molecule has 0 spiro atoms. The van der Waals surface area contributed by atoms with Crippen LogP contribution in [0.15, 0.2) is 53.6 Å². The monoisotopic (exact) mass is 537 g/mol. The third-order valence-corrected chi connectivity index (χ3v) is 7.46. The van der Waals surface area contributed by atoms with Gasteiger partial charge in [-0.05, 0) is 55.9 Å². The number of carbonyl (C=O) groups excluding carboxylic acids is 3. The van der Waals surface area contributed by atoms with Gasteiger partial charge in [-0.3, -0.25) is 14.4 Å². The van der Waals surface area contributed by atoms with Crippen molar-refractivity contribution >= 4 is 23.4 Å². The molecule has 0 aromatic heterocycles. The van der Waals surface area contributed by atoms with Gasteiger partial charge in [0.1, 0.15) is 17.3 Å². The van der Waals surface area contributed by atoms with Crippen molar-refractivity contribution in [3.63, 3.8) is 0 Å². The topological polar surface area (TPSA) is 128 Å². The lowest BCUT2D eigenvalue weighted by Crippen LogP contribution is -2.60. The van der Waals surface area contributed by atoms with Gasteiger partial charge in [-0.25, -0.2) is 9.40 Å². The number of aliphatic hydroxyl groups is 1. The Balaban J connectivity index is 1.59. The smallest absolute Gasteiger partial charge is 0.256 e. The highest BCUT2D eigenvalue weighted by molar-refractivity contribution is 6.13. The van der Waals surface area contributed by atoms with Gasteiger partial charge in [0.05, 0.1) is 17.9 Å². The van der Waals surface area contributed by atoms with Gasteiger partial charge in [-0.2, -0.15) is 5.10 Å². The van der Waals surface area contributed by atoms with E-state index < -0.39 is 28.7 Å². The first kappa shape index (κ1) is 28.4. The van der Waals surface area contributed by atoms with Crippen molar-refractivity contribution in [3.05, 3.63) is 71.0 Å². The molecule has 0 bridgehead atoms. The van der Waals surface area contributed by atoms with Crippen molar-refractivity contribution in [1.82, 2.24) is 15.2 Å².